The van der Waals surface area contributed by atoms with E-state index in [1.165, 1.54) is 22.3 Å². The molecule has 10 aromatic rings. The van der Waals surface area contributed by atoms with Gasteiger partial charge in [-0.15, -0.1) is 48.1 Å². The summed E-state index contributed by atoms with van der Waals surface area (Å²) in [6.07, 6.45) is 1.89. The molecule has 3 heterocycles. The maximum Gasteiger partial charge on any atom is 0.135 e. The molecule has 0 radical (unpaired) electrons. The van der Waals surface area contributed by atoms with E-state index < -0.39 is 18.1 Å². The molecule has 1 aliphatic heterocycles. The van der Waals surface area contributed by atoms with Gasteiger partial charge in [0.1, 0.15) is 5.82 Å². The molecule has 0 atom stereocenters. The number of pyridine rings is 1. The number of benzene rings is 8. The number of aromatic nitrogens is 2. The fraction of sp³-hybridized carbons (Fsp3) is 0.229. The van der Waals surface area contributed by atoms with Crippen molar-refractivity contribution in [1.29, 1.82) is 0 Å². The monoisotopic (exact) mass is 1180 g/mol. The second kappa shape index (κ2) is 19.7. The van der Waals surface area contributed by atoms with Gasteiger partial charge in [-0.2, -0.15) is 12.1 Å². The van der Waals surface area contributed by atoms with E-state index in [1.54, 1.807) is 0 Å². The Labute approximate surface area is 472 Å². The van der Waals surface area contributed by atoms with Crippen LogP contribution in [0.25, 0.3) is 61.0 Å². The summed E-state index contributed by atoms with van der Waals surface area (Å²) in [6.45, 7) is 28.8. The van der Waals surface area contributed by atoms with E-state index in [9.17, 15) is 2.74 Å². The molecule has 76 heavy (non-hydrogen) atoms. The van der Waals surface area contributed by atoms with Crippen molar-refractivity contribution in [3.8, 4) is 50.7 Å². The fourth-order valence-corrected chi connectivity index (χ4v) is 10.1. The molecule has 0 saturated heterocycles. The first-order valence-electron chi connectivity index (χ1n) is 28.4. The Bertz CT molecular complexity index is 4040. The van der Waals surface area contributed by atoms with Gasteiger partial charge < -0.3 is 19.1 Å². The summed E-state index contributed by atoms with van der Waals surface area (Å²) in [5.74, 6) is 1.78. The van der Waals surface area contributed by atoms with E-state index in [0.29, 0.717) is 28.4 Å². The van der Waals surface area contributed by atoms with E-state index in [4.69, 9.17) is 13.8 Å². The molecule has 0 fully saturated rings. The zero-order valence-corrected chi connectivity index (χ0v) is 47.8. The molecule has 386 valence electrons. The van der Waals surface area contributed by atoms with Crippen LogP contribution < -0.4 is 14.5 Å². The van der Waals surface area contributed by atoms with Gasteiger partial charge in [0.25, 0.3) is 0 Å². The second-order valence-corrected chi connectivity index (χ2v) is 24.0. The molecule has 0 saturated carbocycles. The third kappa shape index (κ3) is 10.0. The Kier molecular flexibility index (Phi) is 12.0. The van der Waals surface area contributed by atoms with Crippen LogP contribution in [0.2, 0.25) is 0 Å². The Morgan fingerprint density at radius 1 is 0.487 bits per heavy atom. The van der Waals surface area contributed by atoms with E-state index in [0.717, 1.165) is 61.3 Å². The van der Waals surface area contributed by atoms with Crippen molar-refractivity contribution in [2.45, 2.75) is 105 Å². The van der Waals surface area contributed by atoms with E-state index >= 15 is 0 Å². The topological polar surface area (TPSA) is 33.5 Å². The zero-order chi connectivity index (χ0) is 57.0. The van der Waals surface area contributed by atoms with Crippen LogP contribution in [0.4, 0.5) is 22.7 Å². The first kappa shape index (κ1) is 46.1. The van der Waals surface area contributed by atoms with Gasteiger partial charge in [0.05, 0.1) is 6.85 Å². The summed E-state index contributed by atoms with van der Waals surface area (Å²) in [5.41, 5.74) is 14.2. The molecule has 8 aromatic carbocycles. The molecular formula is C70H67N4OPt-3. The van der Waals surface area contributed by atoms with Crippen molar-refractivity contribution in [2.75, 3.05) is 9.80 Å². The molecule has 0 aliphatic carbocycles. The quantitative estimate of drug-likeness (QED) is 0.142. The van der Waals surface area contributed by atoms with E-state index in [2.05, 4.69) is 177 Å². The van der Waals surface area contributed by atoms with Crippen LogP contribution in [0.15, 0.2) is 182 Å². The van der Waals surface area contributed by atoms with Crippen molar-refractivity contribution >= 4 is 44.6 Å². The summed E-state index contributed by atoms with van der Waals surface area (Å²) < 4.78 is 53.2. The van der Waals surface area contributed by atoms with Crippen molar-refractivity contribution in [3.63, 3.8) is 0 Å². The summed E-state index contributed by atoms with van der Waals surface area (Å²) in [6, 6.07) is 55.7. The SMILES string of the molecule is [2H]c1c([2H])c([2H])c(-c2cccc(-c3cccc(C(C)(C)C)c3)c2N2[CH-]N(c3[c-]c(Oc4[c-]c5c(cc4)c4cc(-c6cc(C(C)(C)C)cc(C(C)(C)C)c6)ccc4n5-c4cc(C(C)(C)C)ccn4)ccc3)c3ccccc32)c([2H])c1[2H].[Pt]. The van der Waals surface area contributed by atoms with Crippen LogP contribution in [0.5, 0.6) is 11.5 Å². The Morgan fingerprint density at radius 2 is 1.09 bits per heavy atom. The molecule has 0 spiro atoms. The molecule has 0 amide bonds. The maximum atomic E-state index is 9.18. The number of ether oxygens (including phenoxy) is 1. The molecule has 5 nitrogen and oxygen atoms in total. The largest absolute Gasteiger partial charge is 0.509 e. The molecule has 2 aromatic heterocycles. The van der Waals surface area contributed by atoms with Crippen molar-refractivity contribution in [2.24, 2.45) is 0 Å². The van der Waals surface area contributed by atoms with Crippen LogP contribution >= 0.6 is 0 Å². The molecule has 0 unspecified atom stereocenters. The van der Waals surface area contributed by atoms with Crippen LogP contribution in [0, 0.1) is 18.8 Å². The van der Waals surface area contributed by atoms with Crippen LogP contribution in [0.1, 0.15) is 112 Å². The molecular weight excluding hydrogens is 1110 g/mol. The van der Waals surface area contributed by atoms with Gasteiger partial charge in [-0.1, -0.05) is 204 Å². The second-order valence-electron chi connectivity index (χ2n) is 24.0. The first-order valence-corrected chi connectivity index (χ1v) is 25.9. The minimum Gasteiger partial charge on any atom is -0.509 e. The third-order valence-electron chi connectivity index (χ3n) is 14.4. The number of anilines is 4. The third-order valence-corrected chi connectivity index (χ3v) is 14.4. The van der Waals surface area contributed by atoms with Gasteiger partial charge >= 0.3 is 0 Å². The standard InChI is InChI=1S/C70H67N4O.Pt/c1-67(2,3)50-24-18-23-48(37-50)58-28-20-27-57(46-21-14-13-15-22-46)66(58)73-45-72(62-29-16-17-30-63(62)73)54-25-19-26-55(43-54)75-56-32-33-59-60-40-47(49-38-52(69(7,8)9)41-53(39-49)70(10,11)12)31-34-61(60)74(64(59)44-56)65-42-51(35-36-71-65)68(4,5)6;/h13-42,45H,1-12H3;/q-3;/i13D,14D,15D,21D,22D;. The minimum atomic E-state index is -0.439. The summed E-state index contributed by atoms with van der Waals surface area (Å²) >= 11 is 0. The zero-order valence-electron chi connectivity index (χ0n) is 50.5. The molecule has 1 aliphatic rings. The van der Waals surface area contributed by atoms with Crippen molar-refractivity contribution in [3.05, 3.63) is 223 Å². The van der Waals surface area contributed by atoms with E-state index in [1.807, 2.05) is 90.6 Å². The Hall–Kier alpha value is -7.20. The van der Waals surface area contributed by atoms with Crippen molar-refractivity contribution in [1.82, 2.24) is 9.55 Å². The first-order chi connectivity index (χ1) is 37.8. The Morgan fingerprint density at radius 3 is 1.78 bits per heavy atom. The average molecular weight is 1180 g/mol. The smallest absolute Gasteiger partial charge is 0.135 e. The molecule has 6 heteroatoms. The molecule has 11 rings (SSSR count). The number of fused-ring (bicyclic) bond motifs is 4. The predicted molar refractivity (Wildman–Crippen MR) is 315 cm³/mol. The van der Waals surface area contributed by atoms with Gasteiger partial charge in [-0.05, 0) is 102 Å². The number of hydrogen-bond acceptors (Lipinski definition) is 4. The molecule has 0 N–H and O–H groups in total. The van der Waals surface area contributed by atoms with Crippen LogP contribution in [-0.4, -0.2) is 9.55 Å². The Balaban J connectivity index is 0.00000736. The minimum absolute atomic E-state index is 0. The van der Waals surface area contributed by atoms with Gasteiger partial charge in [0.15, 0.2) is 0 Å². The average Bonchev–Trinajstić information content (AvgIpc) is 4.21. The van der Waals surface area contributed by atoms with Crippen LogP contribution in [0.3, 0.4) is 0 Å². The number of rotatable bonds is 8. The van der Waals surface area contributed by atoms with Gasteiger partial charge in [0, 0.05) is 72.5 Å². The maximum absolute atomic E-state index is 9.18. The van der Waals surface area contributed by atoms with Crippen LogP contribution in [-0.2, 0) is 42.7 Å². The molecule has 0 bridgehead atoms. The predicted octanol–water partition coefficient (Wildman–Crippen LogP) is 19.2. The fourth-order valence-electron chi connectivity index (χ4n) is 10.1. The van der Waals surface area contributed by atoms with E-state index in [-0.39, 0.29) is 60.4 Å². The van der Waals surface area contributed by atoms with Gasteiger partial charge in [0.2, 0.25) is 0 Å². The summed E-state index contributed by atoms with van der Waals surface area (Å²) in [4.78, 5) is 9.10. The van der Waals surface area contributed by atoms with Crippen molar-refractivity contribution < 1.29 is 32.7 Å². The number of nitrogens with zero attached hydrogens (tertiary/aromatic N) is 4. The summed E-state index contributed by atoms with van der Waals surface area (Å²) in [5, 5.41) is 2.11. The van der Waals surface area contributed by atoms with Gasteiger partial charge in [-0.25, -0.2) is 4.98 Å². The number of para-hydroxylation sites is 3. The number of hydrogen-bond donors (Lipinski definition) is 0. The summed E-state index contributed by atoms with van der Waals surface area (Å²) in [7, 11) is 0. The van der Waals surface area contributed by atoms with Gasteiger partial charge in [-0.3, -0.25) is 0 Å². The normalized spacial score (nSPS) is 14.0.